The molecule has 0 unspecified atom stereocenters. The van der Waals surface area contributed by atoms with Gasteiger partial charge in [-0.25, -0.2) is 13.1 Å². The van der Waals surface area contributed by atoms with Crippen LogP contribution in [0.1, 0.15) is 0 Å². The maximum Gasteiger partial charge on any atom is 0.406 e. The molecule has 8 nitrogen and oxygen atoms in total. The van der Waals surface area contributed by atoms with E-state index in [1.54, 1.807) is 0 Å². The van der Waals surface area contributed by atoms with Crippen molar-refractivity contribution in [1.29, 1.82) is 0 Å². The third kappa shape index (κ3) is 3.32. The normalized spacial score (nSPS) is 18.3. The number of sulfonamides is 1. The highest BCUT2D eigenvalue weighted by Gasteiger charge is 2.39. The van der Waals surface area contributed by atoms with Crippen LogP contribution in [0.5, 0.6) is 0 Å². The van der Waals surface area contributed by atoms with Crippen molar-refractivity contribution in [3.8, 4) is 0 Å². The molecule has 0 spiro atoms. The predicted molar refractivity (Wildman–Crippen MR) is 62.4 cm³/mol. The fourth-order valence-corrected chi connectivity index (χ4v) is 3.34. The van der Waals surface area contributed by atoms with Gasteiger partial charge < -0.3 is 4.90 Å². The van der Waals surface area contributed by atoms with E-state index in [0.29, 0.717) is 4.90 Å². The predicted octanol–water partition coefficient (Wildman–Crippen LogP) is -0.790. The first-order valence-corrected chi connectivity index (χ1v) is 7.24. The third-order valence-corrected chi connectivity index (χ3v) is 4.82. The highest BCUT2D eigenvalue weighted by Crippen LogP contribution is 2.20. The van der Waals surface area contributed by atoms with Gasteiger partial charge in [0.15, 0.2) is 5.03 Å². The molecule has 1 aromatic rings. The highest BCUT2D eigenvalue weighted by molar-refractivity contribution is 7.89. The van der Waals surface area contributed by atoms with Crippen LogP contribution in [0.4, 0.5) is 13.2 Å². The number of aromatic nitrogens is 3. The van der Waals surface area contributed by atoms with Crippen LogP contribution in [-0.2, 0) is 21.9 Å². The standard InChI is InChI=1S/C9H12F3N5O3S/c1-15-8(4-13-14-15)21(19,20)17-3-2-16(7(18)5-17)6-9(10,11)12/h4H,2-3,5-6H2,1H3. The minimum atomic E-state index is -4.51. The monoisotopic (exact) mass is 327 g/mol. The molecule has 1 fully saturated rings. The molecule has 2 rings (SSSR count). The SMILES string of the molecule is Cn1nncc1S(=O)(=O)N1CCN(CC(F)(F)F)C(=O)C1. The van der Waals surface area contributed by atoms with Crippen molar-refractivity contribution in [2.45, 2.75) is 11.2 Å². The summed E-state index contributed by atoms with van der Waals surface area (Å²) in [7, 11) is -2.64. The van der Waals surface area contributed by atoms with E-state index >= 15 is 0 Å². The van der Waals surface area contributed by atoms with Gasteiger partial charge in [-0.15, -0.1) is 5.10 Å². The molecule has 21 heavy (non-hydrogen) atoms. The average Bonchev–Trinajstić information content (AvgIpc) is 2.77. The van der Waals surface area contributed by atoms with E-state index in [1.807, 2.05) is 0 Å². The van der Waals surface area contributed by atoms with Crippen LogP contribution < -0.4 is 0 Å². The Balaban J connectivity index is 2.13. The summed E-state index contributed by atoms with van der Waals surface area (Å²) in [4.78, 5) is 12.3. The molecule has 1 saturated heterocycles. The van der Waals surface area contributed by atoms with Crippen molar-refractivity contribution in [2.24, 2.45) is 7.05 Å². The van der Waals surface area contributed by atoms with Gasteiger partial charge in [0.1, 0.15) is 6.54 Å². The second-order valence-electron chi connectivity index (χ2n) is 4.46. The summed E-state index contributed by atoms with van der Waals surface area (Å²) in [5.41, 5.74) is 0. The minimum absolute atomic E-state index is 0.213. The molecule has 0 atom stereocenters. The number of halogens is 3. The van der Waals surface area contributed by atoms with Crippen LogP contribution in [0.3, 0.4) is 0 Å². The fraction of sp³-hybridized carbons (Fsp3) is 0.667. The second-order valence-corrected chi connectivity index (χ2v) is 6.35. The number of carbonyl (C=O) groups excluding carboxylic acids is 1. The van der Waals surface area contributed by atoms with Crippen LogP contribution in [0.25, 0.3) is 0 Å². The highest BCUT2D eigenvalue weighted by atomic mass is 32.2. The number of nitrogens with zero attached hydrogens (tertiary/aromatic N) is 5. The Morgan fingerprint density at radius 2 is 2.00 bits per heavy atom. The lowest BCUT2D eigenvalue weighted by molar-refractivity contribution is -0.164. The van der Waals surface area contributed by atoms with E-state index in [-0.39, 0.29) is 18.1 Å². The summed E-state index contributed by atoms with van der Waals surface area (Å²) in [6.45, 7) is -2.55. The molecule has 0 aromatic carbocycles. The number of rotatable bonds is 3. The van der Waals surface area contributed by atoms with Gasteiger partial charge in [0.25, 0.3) is 10.0 Å². The summed E-state index contributed by atoms with van der Waals surface area (Å²) < 4.78 is 63.1. The van der Waals surface area contributed by atoms with Crippen molar-refractivity contribution in [3.05, 3.63) is 6.20 Å². The summed E-state index contributed by atoms with van der Waals surface area (Å²) in [6.07, 6.45) is -3.50. The smallest absolute Gasteiger partial charge is 0.331 e. The van der Waals surface area contributed by atoms with Crippen LogP contribution in [0, 0.1) is 0 Å². The van der Waals surface area contributed by atoms with E-state index in [0.717, 1.165) is 15.2 Å². The molecule has 0 radical (unpaired) electrons. The molecule has 0 aliphatic carbocycles. The van der Waals surface area contributed by atoms with Crippen LogP contribution in [0.2, 0.25) is 0 Å². The molecule has 1 aromatic heterocycles. The zero-order valence-corrected chi connectivity index (χ0v) is 11.7. The first-order valence-electron chi connectivity index (χ1n) is 5.80. The van der Waals surface area contributed by atoms with Crippen molar-refractivity contribution in [2.75, 3.05) is 26.2 Å². The number of aryl methyl sites for hydroxylation is 1. The molecule has 0 saturated carbocycles. The molecule has 0 N–H and O–H groups in total. The van der Waals surface area contributed by atoms with Gasteiger partial charge >= 0.3 is 6.18 Å². The van der Waals surface area contributed by atoms with Crippen molar-refractivity contribution in [1.82, 2.24) is 24.2 Å². The van der Waals surface area contributed by atoms with E-state index in [2.05, 4.69) is 10.3 Å². The zero-order valence-electron chi connectivity index (χ0n) is 10.9. The van der Waals surface area contributed by atoms with Gasteiger partial charge in [0.2, 0.25) is 5.91 Å². The van der Waals surface area contributed by atoms with Crippen molar-refractivity contribution < 1.29 is 26.4 Å². The molecular weight excluding hydrogens is 315 g/mol. The summed E-state index contributed by atoms with van der Waals surface area (Å²) in [5, 5.41) is 6.68. The number of amides is 1. The summed E-state index contributed by atoms with van der Waals surface area (Å²) >= 11 is 0. The minimum Gasteiger partial charge on any atom is -0.331 e. The van der Waals surface area contributed by atoms with Gasteiger partial charge in [-0.05, 0) is 0 Å². The van der Waals surface area contributed by atoms with Gasteiger partial charge in [0.05, 0.1) is 12.7 Å². The van der Waals surface area contributed by atoms with Gasteiger partial charge in [0, 0.05) is 20.1 Å². The Labute approximate surface area is 118 Å². The number of carbonyl (C=O) groups is 1. The Morgan fingerprint density at radius 1 is 1.33 bits per heavy atom. The number of hydrogen-bond acceptors (Lipinski definition) is 5. The zero-order chi connectivity index (χ0) is 15.8. The molecule has 118 valence electrons. The Bertz CT molecular complexity index is 641. The number of piperazine rings is 1. The Kier molecular flexibility index (Phi) is 3.93. The van der Waals surface area contributed by atoms with Gasteiger partial charge in [-0.2, -0.15) is 17.5 Å². The number of alkyl halides is 3. The maximum absolute atomic E-state index is 12.3. The van der Waals surface area contributed by atoms with Crippen molar-refractivity contribution >= 4 is 15.9 Å². The topological polar surface area (TPSA) is 88.4 Å². The molecule has 12 heteroatoms. The third-order valence-electron chi connectivity index (χ3n) is 2.93. The lowest BCUT2D eigenvalue weighted by Crippen LogP contribution is -2.54. The first kappa shape index (κ1) is 15.7. The lowest BCUT2D eigenvalue weighted by atomic mass is 10.3. The average molecular weight is 327 g/mol. The molecule has 1 aliphatic heterocycles. The molecular formula is C9H12F3N5O3S. The molecule has 1 amide bonds. The largest absolute Gasteiger partial charge is 0.406 e. The van der Waals surface area contributed by atoms with E-state index in [1.165, 1.54) is 7.05 Å². The maximum atomic E-state index is 12.3. The quantitative estimate of drug-likeness (QED) is 0.726. The van der Waals surface area contributed by atoms with E-state index in [9.17, 15) is 26.4 Å². The Hall–Kier alpha value is -1.69. The van der Waals surface area contributed by atoms with E-state index < -0.39 is 35.2 Å². The van der Waals surface area contributed by atoms with Crippen LogP contribution in [-0.4, -0.2) is 70.9 Å². The number of hydrogen-bond donors (Lipinski definition) is 0. The summed E-state index contributed by atoms with van der Waals surface area (Å²) in [5.74, 6) is -0.891. The fourth-order valence-electron chi connectivity index (χ4n) is 1.92. The first-order chi connectivity index (χ1) is 9.61. The summed E-state index contributed by atoms with van der Waals surface area (Å²) in [6, 6.07) is 0. The van der Waals surface area contributed by atoms with Gasteiger partial charge in [-0.3, -0.25) is 4.79 Å². The van der Waals surface area contributed by atoms with E-state index in [4.69, 9.17) is 0 Å². The molecule has 2 heterocycles. The van der Waals surface area contributed by atoms with Crippen LogP contribution in [0.15, 0.2) is 11.2 Å². The molecule has 1 aliphatic rings. The second kappa shape index (κ2) is 5.26. The Morgan fingerprint density at radius 3 is 2.48 bits per heavy atom. The van der Waals surface area contributed by atoms with Crippen molar-refractivity contribution in [3.63, 3.8) is 0 Å². The van der Waals surface area contributed by atoms with Gasteiger partial charge in [-0.1, -0.05) is 5.21 Å². The van der Waals surface area contributed by atoms with Crippen LogP contribution >= 0.6 is 0 Å². The lowest BCUT2D eigenvalue weighted by Gasteiger charge is -2.33. The molecule has 0 bridgehead atoms.